The summed E-state index contributed by atoms with van der Waals surface area (Å²) in [6.45, 7) is -0.181. The first kappa shape index (κ1) is 18.7. The highest BCUT2D eigenvalue weighted by Crippen LogP contribution is 2.23. The van der Waals surface area contributed by atoms with Gasteiger partial charge >= 0.3 is 5.97 Å². The van der Waals surface area contributed by atoms with Crippen molar-refractivity contribution in [3.05, 3.63) is 70.5 Å². The minimum absolute atomic E-state index is 0.000708. The molecule has 0 aliphatic rings. The summed E-state index contributed by atoms with van der Waals surface area (Å²) in [5.74, 6) is -0.543. The first-order valence-electron chi connectivity index (χ1n) is 8.24. The number of hydrogen-bond acceptors (Lipinski definition) is 8. The lowest BCUT2D eigenvalue weighted by Gasteiger charge is -2.11. The van der Waals surface area contributed by atoms with Crippen molar-refractivity contribution in [1.82, 2.24) is 15.0 Å². The summed E-state index contributed by atoms with van der Waals surface area (Å²) in [4.78, 5) is 34.1. The maximum atomic E-state index is 11.2. The Balaban J connectivity index is 1.88. The fraction of sp³-hybridized carbons (Fsp3) is 0.111. The third-order valence-electron chi connectivity index (χ3n) is 3.73. The van der Waals surface area contributed by atoms with Crippen LogP contribution in [0.2, 0.25) is 0 Å². The van der Waals surface area contributed by atoms with Gasteiger partial charge in [0.2, 0.25) is 5.95 Å². The zero-order chi connectivity index (χ0) is 19.9. The van der Waals surface area contributed by atoms with Gasteiger partial charge in [-0.25, -0.2) is 4.98 Å². The summed E-state index contributed by atoms with van der Waals surface area (Å²) in [5.41, 5.74) is 1.74. The van der Waals surface area contributed by atoms with Gasteiger partial charge in [-0.2, -0.15) is 4.98 Å². The minimum atomic E-state index is -1.05. The number of nitrogens with one attached hydrogen (secondary N) is 2. The Bertz CT molecular complexity index is 996. The number of carbonyl (C=O) groups is 1. The van der Waals surface area contributed by atoms with Crippen LogP contribution in [0.15, 0.2) is 54.9 Å². The summed E-state index contributed by atoms with van der Waals surface area (Å²) in [6.07, 6.45) is 3.25. The molecule has 3 aromatic rings. The van der Waals surface area contributed by atoms with E-state index < -0.39 is 10.9 Å². The minimum Gasteiger partial charge on any atom is -0.480 e. The van der Waals surface area contributed by atoms with E-state index in [0.717, 1.165) is 5.56 Å². The molecule has 3 rings (SSSR count). The second kappa shape index (κ2) is 8.54. The standard InChI is InChI=1S/C18H16N6O4/c25-17(26)11-21-18-22-14(12-5-3-7-19-9-12)8-16(23-18)20-10-13-4-1-2-6-15(13)24(27)28/h1-9H,10-11H2,(H,25,26)(H2,20,21,22,23). The van der Waals surface area contributed by atoms with Crippen LogP contribution in [0.5, 0.6) is 0 Å². The Hall–Kier alpha value is -4.08. The maximum absolute atomic E-state index is 11.2. The van der Waals surface area contributed by atoms with Crippen LogP contribution in [0.25, 0.3) is 11.3 Å². The van der Waals surface area contributed by atoms with Gasteiger partial charge in [-0.15, -0.1) is 0 Å². The average Bonchev–Trinajstić information content (AvgIpc) is 2.71. The molecule has 0 atom stereocenters. The molecule has 0 saturated heterocycles. The average molecular weight is 380 g/mol. The third-order valence-corrected chi connectivity index (χ3v) is 3.73. The Labute approximate surface area is 159 Å². The lowest BCUT2D eigenvalue weighted by atomic mass is 10.1. The molecule has 3 N–H and O–H groups in total. The number of nitrogens with zero attached hydrogens (tertiary/aromatic N) is 4. The number of rotatable bonds is 8. The fourth-order valence-electron chi connectivity index (χ4n) is 2.46. The van der Waals surface area contributed by atoms with Crippen molar-refractivity contribution >= 4 is 23.4 Å². The second-order valence-corrected chi connectivity index (χ2v) is 5.69. The van der Waals surface area contributed by atoms with Gasteiger partial charge in [-0.3, -0.25) is 19.9 Å². The van der Waals surface area contributed by atoms with Crippen LogP contribution in [-0.2, 0) is 11.3 Å². The van der Waals surface area contributed by atoms with E-state index in [1.165, 1.54) is 6.07 Å². The van der Waals surface area contributed by atoms with Gasteiger partial charge in [0.25, 0.3) is 5.69 Å². The van der Waals surface area contributed by atoms with Crippen LogP contribution in [-0.4, -0.2) is 37.5 Å². The molecule has 0 bridgehead atoms. The summed E-state index contributed by atoms with van der Waals surface area (Å²) in [7, 11) is 0. The number of aliphatic carboxylic acids is 1. The highest BCUT2D eigenvalue weighted by atomic mass is 16.6. The van der Waals surface area contributed by atoms with Crippen molar-refractivity contribution in [3.8, 4) is 11.3 Å². The zero-order valence-corrected chi connectivity index (χ0v) is 14.6. The largest absolute Gasteiger partial charge is 0.480 e. The highest BCUT2D eigenvalue weighted by molar-refractivity contribution is 5.72. The van der Waals surface area contributed by atoms with Crippen molar-refractivity contribution in [2.24, 2.45) is 0 Å². The summed E-state index contributed by atoms with van der Waals surface area (Å²) in [5, 5.41) is 25.7. The monoisotopic (exact) mass is 380 g/mol. The third kappa shape index (κ3) is 4.75. The van der Waals surface area contributed by atoms with Crippen LogP contribution >= 0.6 is 0 Å². The lowest BCUT2D eigenvalue weighted by Crippen LogP contribution is -2.15. The van der Waals surface area contributed by atoms with Gasteiger partial charge in [-0.05, 0) is 12.1 Å². The lowest BCUT2D eigenvalue weighted by molar-refractivity contribution is -0.385. The van der Waals surface area contributed by atoms with Gasteiger partial charge in [0.1, 0.15) is 12.4 Å². The van der Waals surface area contributed by atoms with Crippen molar-refractivity contribution in [3.63, 3.8) is 0 Å². The number of hydrogen-bond donors (Lipinski definition) is 3. The molecule has 0 radical (unpaired) electrons. The SMILES string of the molecule is O=C(O)CNc1nc(NCc2ccccc2[N+](=O)[O-])cc(-c2cccnc2)n1. The maximum Gasteiger partial charge on any atom is 0.322 e. The van der Waals surface area contributed by atoms with E-state index in [0.29, 0.717) is 17.1 Å². The van der Waals surface area contributed by atoms with Crippen LogP contribution < -0.4 is 10.6 Å². The molecule has 0 aliphatic heterocycles. The van der Waals surface area contributed by atoms with Gasteiger partial charge in [0, 0.05) is 42.2 Å². The number of anilines is 2. The summed E-state index contributed by atoms with van der Waals surface area (Å²) < 4.78 is 0. The first-order valence-corrected chi connectivity index (χ1v) is 8.24. The molecule has 0 amide bonds. The molecule has 0 aliphatic carbocycles. The number of para-hydroxylation sites is 1. The number of carboxylic acid groups (broad SMARTS) is 1. The van der Waals surface area contributed by atoms with Crippen molar-refractivity contribution in [2.45, 2.75) is 6.54 Å². The van der Waals surface area contributed by atoms with E-state index in [1.807, 2.05) is 6.07 Å². The van der Waals surface area contributed by atoms with Crippen LogP contribution in [0.4, 0.5) is 17.5 Å². The van der Waals surface area contributed by atoms with Gasteiger partial charge < -0.3 is 15.7 Å². The predicted molar refractivity (Wildman–Crippen MR) is 102 cm³/mol. The normalized spacial score (nSPS) is 10.3. The molecule has 10 nitrogen and oxygen atoms in total. The Morgan fingerprint density at radius 2 is 1.96 bits per heavy atom. The fourth-order valence-corrected chi connectivity index (χ4v) is 2.46. The van der Waals surface area contributed by atoms with E-state index in [-0.39, 0.29) is 24.7 Å². The molecule has 142 valence electrons. The van der Waals surface area contributed by atoms with Gasteiger partial charge in [0.05, 0.1) is 10.6 Å². The molecule has 0 saturated carbocycles. The molecular weight excluding hydrogens is 364 g/mol. The molecule has 2 aromatic heterocycles. The molecule has 1 aromatic carbocycles. The van der Waals surface area contributed by atoms with Crippen LogP contribution in [0, 0.1) is 10.1 Å². The molecule has 10 heteroatoms. The Morgan fingerprint density at radius 3 is 2.68 bits per heavy atom. The van der Waals surface area contributed by atoms with Crippen LogP contribution in [0.1, 0.15) is 5.56 Å². The topological polar surface area (TPSA) is 143 Å². The molecule has 2 heterocycles. The van der Waals surface area contributed by atoms with Gasteiger partial charge in [0.15, 0.2) is 0 Å². The first-order chi connectivity index (χ1) is 13.5. The van der Waals surface area contributed by atoms with E-state index in [9.17, 15) is 14.9 Å². The van der Waals surface area contributed by atoms with Crippen molar-refractivity contribution in [2.75, 3.05) is 17.2 Å². The molecule has 0 fully saturated rings. The van der Waals surface area contributed by atoms with E-state index in [2.05, 4.69) is 25.6 Å². The number of benzene rings is 1. The van der Waals surface area contributed by atoms with E-state index >= 15 is 0 Å². The molecule has 28 heavy (non-hydrogen) atoms. The number of aromatic nitrogens is 3. The van der Waals surface area contributed by atoms with E-state index in [4.69, 9.17) is 5.11 Å². The van der Waals surface area contributed by atoms with E-state index in [1.54, 1.807) is 42.7 Å². The molecule has 0 spiro atoms. The number of carboxylic acids is 1. The van der Waals surface area contributed by atoms with Crippen molar-refractivity contribution < 1.29 is 14.8 Å². The highest BCUT2D eigenvalue weighted by Gasteiger charge is 2.13. The number of nitro groups is 1. The van der Waals surface area contributed by atoms with Gasteiger partial charge in [-0.1, -0.05) is 18.2 Å². The van der Waals surface area contributed by atoms with Crippen LogP contribution in [0.3, 0.4) is 0 Å². The summed E-state index contributed by atoms with van der Waals surface area (Å²) >= 11 is 0. The number of pyridine rings is 1. The quantitative estimate of drug-likeness (QED) is 0.397. The smallest absolute Gasteiger partial charge is 0.322 e. The number of nitro benzene ring substituents is 1. The van der Waals surface area contributed by atoms with Crippen molar-refractivity contribution in [1.29, 1.82) is 0 Å². The Morgan fingerprint density at radius 1 is 1.14 bits per heavy atom. The summed E-state index contributed by atoms with van der Waals surface area (Å²) in [6, 6.07) is 11.6. The molecular formula is C18H16N6O4. The zero-order valence-electron chi connectivity index (χ0n) is 14.6. The Kier molecular flexibility index (Phi) is 5.70. The predicted octanol–water partition coefficient (Wildman–Crippen LogP) is 2.56. The second-order valence-electron chi connectivity index (χ2n) is 5.69. The molecule has 0 unspecified atom stereocenters.